The Bertz CT molecular complexity index is 4890. The largest absolute Gasteiger partial charge is 0.453 e. The highest BCUT2D eigenvalue weighted by atomic mass is 16.6. The van der Waals surface area contributed by atoms with Crippen LogP contribution in [0.1, 0.15) is 189 Å². The third-order valence-electron chi connectivity index (χ3n) is 24.2. The van der Waals surface area contributed by atoms with Gasteiger partial charge in [-0.15, -0.1) is 40.8 Å². The van der Waals surface area contributed by atoms with E-state index in [1.165, 1.54) is 59.2 Å². The predicted molar refractivity (Wildman–Crippen MR) is 505 cm³/mol. The Balaban J connectivity index is 0.000000164. The molecule has 9 aliphatic rings. The maximum absolute atomic E-state index is 12.5. The Kier molecular flexibility index (Phi) is 41.4. The van der Waals surface area contributed by atoms with Gasteiger partial charge in [0.2, 0.25) is 11.6 Å². The van der Waals surface area contributed by atoms with Gasteiger partial charge < -0.3 is 69.0 Å². The summed E-state index contributed by atoms with van der Waals surface area (Å²) in [4.78, 5) is 65.9. The first-order chi connectivity index (χ1) is 64.0. The number of carbonyl (C=O) groups excluding carboxylic acids is 5. The highest BCUT2D eigenvalue weighted by Gasteiger charge is 2.42. The molecule has 1 saturated heterocycles. The lowest BCUT2D eigenvalue weighted by molar-refractivity contribution is 0.129. The fourth-order valence-corrected chi connectivity index (χ4v) is 17.0. The van der Waals surface area contributed by atoms with Crippen LogP contribution in [0.15, 0.2) is 219 Å². The molecule has 6 amide bonds. The van der Waals surface area contributed by atoms with Crippen molar-refractivity contribution in [2.75, 3.05) is 83.3 Å². The number of hydrogen-bond acceptors (Lipinski definition) is 27. The topological polar surface area (TPSA) is 407 Å². The minimum atomic E-state index is -0.462. The van der Waals surface area contributed by atoms with E-state index in [0.717, 1.165) is 223 Å². The van der Waals surface area contributed by atoms with Crippen LogP contribution in [0.2, 0.25) is 0 Å². The summed E-state index contributed by atoms with van der Waals surface area (Å²) in [5, 5.41) is 100. The number of aromatic nitrogens is 8. The molecule has 33 nitrogen and oxygen atoms in total. The van der Waals surface area contributed by atoms with Crippen LogP contribution in [0.4, 0.5) is 24.0 Å². The van der Waals surface area contributed by atoms with E-state index in [4.69, 9.17) is 14.6 Å². The Morgan fingerprint density at radius 3 is 1.21 bits per heavy atom. The van der Waals surface area contributed by atoms with Crippen LogP contribution in [0.3, 0.4) is 0 Å². The fourth-order valence-electron chi connectivity index (χ4n) is 17.0. The van der Waals surface area contributed by atoms with Gasteiger partial charge in [0.05, 0.1) is 126 Å². The van der Waals surface area contributed by atoms with Crippen molar-refractivity contribution >= 4 is 53.3 Å². The van der Waals surface area contributed by atoms with Crippen LogP contribution in [0, 0.1) is 23.7 Å². The normalized spacial score (nSPS) is 22.0. The number of methoxy groups -OCH3 is 4. The van der Waals surface area contributed by atoms with Crippen molar-refractivity contribution in [2.45, 2.75) is 204 Å². The Morgan fingerprint density at radius 2 is 0.758 bits per heavy atom. The molecule has 0 bridgehead atoms. The third kappa shape index (κ3) is 31.1. The van der Waals surface area contributed by atoms with Crippen LogP contribution in [0.5, 0.6) is 0 Å². The zero-order chi connectivity index (χ0) is 94.1. The van der Waals surface area contributed by atoms with Gasteiger partial charge in [-0.05, 0) is 182 Å². The molecule has 0 radical (unpaired) electrons. The highest BCUT2D eigenvalue weighted by molar-refractivity contribution is 6.08. The van der Waals surface area contributed by atoms with E-state index in [1.54, 1.807) is 38.1 Å². The summed E-state index contributed by atoms with van der Waals surface area (Å²) >= 11 is 0. The van der Waals surface area contributed by atoms with E-state index in [-0.39, 0.29) is 85.5 Å². The summed E-state index contributed by atoms with van der Waals surface area (Å²) < 4.78 is 18.7. The fraction of sp³-hybridized carbons (Fsp3) is 0.485. The summed E-state index contributed by atoms with van der Waals surface area (Å²) in [5.74, 6) is 2.53. The van der Waals surface area contributed by atoms with Crippen LogP contribution in [-0.2, 0) is 32.0 Å². The monoisotopic (exact) mass is 1810 g/mol. The van der Waals surface area contributed by atoms with E-state index in [0.29, 0.717) is 42.9 Å². The molecule has 3 saturated carbocycles. The number of nitrogens with zero attached hydrogens (tertiary/aromatic N) is 18. The number of benzene rings is 5. The van der Waals surface area contributed by atoms with Crippen molar-refractivity contribution in [1.29, 1.82) is 0 Å². The van der Waals surface area contributed by atoms with Gasteiger partial charge in [0.25, 0.3) is 0 Å². The lowest BCUT2D eigenvalue weighted by atomic mass is 9.74. The summed E-state index contributed by atoms with van der Waals surface area (Å²) in [7, 11) is 13.8. The number of likely N-dealkylation sites (N-methyl/N-ethyl adjacent to an activating group) is 2. The SMILES string of the molecule is CN1CC2=C3CCC(O)CCCC3C(c3ccccc3)=NN2C1=O.COC(=O)N(C)CC1=C2CCC(O)CCCC2C(c2ccccc2)=NN1.COC(=O)N(C)CC1=NN=C(c2ccccc2)C2CCCC(O)CCC12.COC(=O)N(C)Cc1nnc(-c2ccccc2)nn1.COC(=O)N(C)Cc1nnc(-c2ccccc2)nn1.OC1CC/C=C/CCC1.OC1CC/C=C/CCC1. The van der Waals surface area contributed by atoms with Crippen LogP contribution < -0.4 is 5.43 Å². The van der Waals surface area contributed by atoms with E-state index in [2.05, 4.69) is 132 Å². The number of allylic oxidation sites excluding steroid dienone is 6. The lowest BCUT2D eigenvalue weighted by Crippen LogP contribution is -2.41. The average Bonchev–Trinajstić information content (AvgIpc) is 1.59. The van der Waals surface area contributed by atoms with Gasteiger partial charge in [0.15, 0.2) is 11.6 Å². The molecular weight excluding hydrogens is 1680 g/mol. The molecule has 132 heavy (non-hydrogen) atoms. The van der Waals surface area contributed by atoms with E-state index in [1.807, 2.05) is 122 Å². The van der Waals surface area contributed by atoms with Crippen molar-refractivity contribution in [3.63, 3.8) is 0 Å². The van der Waals surface area contributed by atoms with E-state index in [9.17, 15) is 49.5 Å². The number of fused-ring (bicyclic) bond motifs is 4. The van der Waals surface area contributed by atoms with Gasteiger partial charge in [0.1, 0.15) is 0 Å². The van der Waals surface area contributed by atoms with Crippen molar-refractivity contribution in [2.24, 2.45) is 44.1 Å². The van der Waals surface area contributed by atoms with Gasteiger partial charge in [0, 0.05) is 70.0 Å². The number of carbonyl (C=O) groups is 5. The molecular formula is C99H131N19O14. The molecule has 9 unspecified atom stereocenters. The highest BCUT2D eigenvalue weighted by Crippen LogP contribution is 2.41. The molecule has 2 aromatic heterocycles. The number of amides is 6. The maximum atomic E-state index is 12.5. The Labute approximate surface area is 774 Å². The molecule has 0 spiro atoms. The van der Waals surface area contributed by atoms with Gasteiger partial charge in [-0.1, -0.05) is 182 Å². The maximum Gasteiger partial charge on any atom is 0.409 e. The van der Waals surface area contributed by atoms with Gasteiger partial charge in [-0.25, -0.2) is 24.0 Å². The number of ether oxygens (including phenoxy) is 4. The minimum absolute atomic E-state index is 0.0325. The number of hydrazone groups is 2. The van der Waals surface area contributed by atoms with Crippen molar-refractivity contribution in [1.82, 2.24) is 75.7 Å². The third-order valence-corrected chi connectivity index (χ3v) is 24.2. The second kappa shape index (κ2) is 53.8. The number of urea groups is 1. The van der Waals surface area contributed by atoms with E-state index >= 15 is 0 Å². The number of hydrogen-bond donors (Lipinski definition) is 6. The lowest BCUT2D eigenvalue weighted by Gasteiger charge is -2.35. The van der Waals surface area contributed by atoms with Crippen LogP contribution in [0.25, 0.3) is 22.8 Å². The molecule has 5 aromatic carbocycles. The first kappa shape index (κ1) is 102. The smallest absolute Gasteiger partial charge is 0.409 e. The molecule has 7 aromatic rings. The first-order valence-corrected chi connectivity index (χ1v) is 45.9. The summed E-state index contributed by atoms with van der Waals surface area (Å²) in [6.45, 7) is 1.82. The van der Waals surface area contributed by atoms with E-state index < -0.39 is 12.2 Å². The Hall–Kier alpha value is -12.4. The van der Waals surface area contributed by atoms with Crippen LogP contribution in [-0.4, -0.2) is 263 Å². The number of rotatable bonds is 13. The predicted octanol–water partition coefficient (Wildman–Crippen LogP) is 15.0. The second-order valence-corrected chi connectivity index (χ2v) is 34.0. The number of aliphatic hydroxyl groups excluding tert-OH is 5. The molecule has 9 atom stereocenters. The van der Waals surface area contributed by atoms with Crippen molar-refractivity contribution in [3.05, 3.63) is 227 Å². The quantitative estimate of drug-likeness (QED) is 0.0461. The molecule has 4 aliphatic heterocycles. The van der Waals surface area contributed by atoms with Gasteiger partial charge >= 0.3 is 30.4 Å². The summed E-state index contributed by atoms with van der Waals surface area (Å²) in [5.41, 5.74) is 16.6. The molecule has 6 N–H and O–H groups in total. The average molecular weight is 1810 g/mol. The van der Waals surface area contributed by atoms with Crippen molar-refractivity contribution in [3.8, 4) is 22.8 Å². The van der Waals surface area contributed by atoms with Crippen molar-refractivity contribution < 1.29 is 68.5 Å². The molecule has 33 heteroatoms. The van der Waals surface area contributed by atoms with Gasteiger partial charge in [-0.3, -0.25) is 5.43 Å². The molecule has 706 valence electrons. The molecule has 4 fully saturated rings. The van der Waals surface area contributed by atoms with Gasteiger partial charge in [-0.2, -0.15) is 25.4 Å². The zero-order valence-electron chi connectivity index (χ0n) is 77.6. The minimum Gasteiger partial charge on any atom is -0.453 e. The number of nitrogens with one attached hydrogen (secondary N) is 1. The molecule has 16 rings (SSSR count). The van der Waals surface area contributed by atoms with Crippen LogP contribution >= 0.6 is 0 Å². The second-order valence-electron chi connectivity index (χ2n) is 34.0. The molecule has 6 heterocycles. The number of aliphatic hydroxyl groups is 5. The first-order valence-electron chi connectivity index (χ1n) is 45.9. The molecule has 5 aliphatic carbocycles. The summed E-state index contributed by atoms with van der Waals surface area (Å²) in [6.07, 6.45) is 29.9. The zero-order valence-corrected chi connectivity index (χ0v) is 77.6. The summed E-state index contributed by atoms with van der Waals surface area (Å²) in [6, 6.07) is 49.3. The standard InChI is InChI=1S/2C20H27N3O3.C19H23N3O2.2C12H13N5O2.2C8H14O/c2*1-23(20(25)26-2)13-18-16-12-11-15(24)9-6-10-17(16)19(22-21-18)14-7-4-3-5-8-14;1-21-12-17-15-11-10-14(23)8-5-9-16(15)18(20-22(17)19(21)24)13-6-3-2-4-7-13;2*1-17(12(18)19-2)8-10-13-15-11(16-14-10)9-6-4-3-5-7-9;2*9-8-6-4-2-1-3-5-7-8/h3-5,7-8,15,17,21,24H,6,9-13H2,1-2H3;3-5,7-8,15-17,24H,6,9-13H2,1-2H3;2-4,6-7,14,16,23H,5,8-12H2,1H3;2*3-7H,8H2,1-2H3;2*1-2,8-9H,3-7H2/b;;;;;2*2-1+. The Morgan fingerprint density at radius 1 is 0.386 bits per heavy atom.